The van der Waals surface area contributed by atoms with Crippen molar-refractivity contribution in [1.29, 1.82) is 0 Å². The highest BCUT2D eigenvalue weighted by molar-refractivity contribution is 7.20. The number of nitrogens with one attached hydrogen (secondary N) is 2. The minimum absolute atomic E-state index is 0.148. The minimum atomic E-state index is -0.563. The average molecular weight is 377 g/mol. The van der Waals surface area contributed by atoms with Gasteiger partial charge < -0.3 is 25.8 Å². The normalized spacial score (nSPS) is 11.9. The maximum Gasteiger partial charge on any atom is 0.407 e. The number of fused-ring (bicyclic) bond motifs is 1. The molecule has 0 saturated heterocycles. The number of methoxy groups -OCH3 is 1. The topological polar surface area (TPSA) is 103 Å². The number of rotatable bonds is 5. The van der Waals surface area contributed by atoms with Crippen LogP contribution in [-0.2, 0) is 9.47 Å². The Morgan fingerprint density at radius 1 is 1.31 bits per heavy atom. The highest BCUT2D eigenvalue weighted by Crippen LogP contribution is 2.31. The Hall–Kier alpha value is -2.74. The lowest BCUT2D eigenvalue weighted by atomic mass is 10.2. The molecule has 0 aliphatic rings. The van der Waals surface area contributed by atoms with E-state index in [9.17, 15) is 9.59 Å². The zero-order valence-corrected chi connectivity index (χ0v) is 16.0. The molecule has 7 nitrogen and oxygen atoms in total. The van der Waals surface area contributed by atoms with Gasteiger partial charge >= 0.3 is 12.1 Å². The van der Waals surface area contributed by atoms with E-state index in [0.29, 0.717) is 10.6 Å². The fourth-order valence-corrected chi connectivity index (χ4v) is 3.10. The zero-order chi connectivity index (χ0) is 19.3. The number of alkyl carbamates (subject to hydrolysis) is 1. The molecule has 0 atom stereocenters. The molecule has 140 valence electrons. The highest BCUT2D eigenvalue weighted by atomic mass is 32.1. The first kappa shape index (κ1) is 19.6. The van der Waals surface area contributed by atoms with Gasteiger partial charge in [0.2, 0.25) is 0 Å². The third-order valence-electron chi connectivity index (χ3n) is 3.20. The molecule has 0 aliphatic heterocycles. The molecule has 1 heterocycles. The number of benzene rings is 1. The van der Waals surface area contributed by atoms with Crippen molar-refractivity contribution in [3.8, 4) is 0 Å². The van der Waals surface area contributed by atoms with Crippen LogP contribution in [0.15, 0.2) is 36.2 Å². The van der Waals surface area contributed by atoms with Gasteiger partial charge in [0.25, 0.3) is 0 Å². The van der Waals surface area contributed by atoms with Gasteiger partial charge in [0.05, 0.1) is 13.7 Å². The Balaban J connectivity index is 2.04. The first-order valence-electron chi connectivity index (χ1n) is 7.98. The summed E-state index contributed by atoms with van der Waals surface area (Å²) >= 11 is 1.36. The van der Waals surface area contributed by atoms with E-state index in [-0.39, 0.29) is 12.5 Å². The summed E-state index contributed by atoms with van der Waals surface area (Å²) in [6.45, 7) is 5.52. The van der Waals surface area contributed by atoms with Gasteiger partial charge in [-0.3, -0.25) is 0 Å². The molecule has 26 heavy (non-hydrogen) atoms. The summed E-state index contributed by atoms with van der Waals surface area (Å²) in [4.78, 5) is 23.8. The summed E-state index contributed by atoms with van der Waals surface area (Å²) in [6, 6.07) is 7.46. The van der Waals surface area contributed by atoms with Gasteiger partial charge in [0.1, 0.15) is 10.5 Å². The van der Waals surface area contributed by atoms with E-state index >= 15 is 0 Å². The molecule has 0 spiro atoms. The predicted octanol–water partition coefficient (Wildman–Crippen LogP) is 3.42. The number of ether oxygens (including phenoxy) is 2. The number of hydrogen-bond acceptors (Lipinski definition) is 7. The van der Waals surface area contributed by atoms with Gasteiger partial charge in [-0.1, -0.05) is 6.07 Å². The summed E-state index contributed by atoms with van der Waals surface area (Å²) in [5.41, 5.74) is 6.57. The van der Waals surface area contributed by atoms with Crippen molar-refractivity contribution in [2.75, 3.05) is 19.0 Å². The van der Waals surface area contributed by atoms with E-state index in [1.54, 1.807) is 33.0 Å². The number of carbonyl (C=O) groups is 2. The lowest BCUT2D eigenvalue weighted by Crippen LogP contribution is -2.34. The Labute approximate surface area is 156 Å². The second-order valence-corrected chi connectivity index (χ2v) is 7.62. The predicted molar refractivity (Wildman–Crippen MR) is 103 cm³/mol. The quantitative estimate of drug-likeness (QED) is 0.690. The zero-order valence-electron chi connectivity index (χ0n) is 15.2. The van der Waals surface area contributed by atoms with Gasteiger partial charge in [0.15, 0.2) is 0 Å². The van der Waals surface area contributed by atoms with Crippen molar-refractivity contribution in [2.24, 2.45) is 5.73 Å². The molecule has 1 amide bonds. The largest absolute Gasteiger partial charge is 0.465 e. The van der Waals surface area contributed by atoms with E-state index in [4.69, 9.17) is 15.2 Å². The van der Waals surface area contributed by atoms with Crippen LogP contribution in [0.5, 0.6) is 0 Å². The molecular weight excluding hydrogens is 354 g/mol. The van der Waals surface area contributed by atoms with Crippen molar-refractivity contribution in [2.45, 2.75) is 26.4 Å². The molecule has 0 aliphatic carbocycles. The summed E-state index contributed by atoms with van der Waals surface area (Å²) in [7, 11) is 1.35. The third kappa shape index (κ3) is 5.38. The fraction of sp³-hybridized carbons (Fsp3) is 0.333. The lowest BCUT2D eigenvalue weighted by molar-refractivity contribution is 0.0531. The number of anilines is 1. The molecule has 0 bridgehead atoms. The van der Waals surface area contributed by atoms with Crippen LogP contribution >= 0.6 is 11.3 Å². The summed E-state index contributed by atoms with van der Waals surface area (Å²) in [6.07, 6.45) is 1.07. The van der Waals surface area contributed by atoms with Crippen LogP contribution in [0.4, 0.5) is 10.5 Å². The van der Waals surface area contributed by atoms with E-state index in [1.165, 1.54) is 18.4 Å². The van der Waals surface area contributed by atoms with Crippen LogP contribution in [0.2, 0.25) is 0 Å². The molecule has 2 rings (SSSR count). The number of hydrogen-bond donors (Lipinski definition) is 3. The van der Waals surface area contributed by atoms with Crippen LogP contribution < -0.4 is 16.4 Å². The minimum Gasteiger partial charge on any atom is -0.465 e. The van der Waals surface area contributed by atoms with Crippen LogP contribution in [0.3, 0.4) is 0 Å². The van der Waals surface area contributed by atoms with E-state index in [0.717, 1.165) is 15.8 Å². The molecule has 0 saturated carbocycles. The average Bonchev–Trinajstić information content (AvgIpc) is 3.00. The maximum atomic E-state index is 11.7. The first-order chi connectivity index (χ1) is 12.2. The number of thiophene rings is 1. The van der Waals surface area contributed by atoms with Crippen molar-refractivity contribution < 1.29 is 19.1 Å². The highest BCUT2D eigenvalue weighted by Gasteiger charge is 2.16. The molecule has 1 aromatic carbocycles. The fourth-order valence-electron chi connectivity index (χ4n) is 2.10. The Kier molecular flexibility index (Phi) is 6.10. The summed E-state index contributed by atoms with van der Waals surface area (Å²) in [5, 5.41) is 6.58. The Morgan fingerprint density at radius 3 is 2.69 bits per heavy atom. The van der Waals surface area contributed by atoms with E-state index < -0.39 is 11.7 Å². The molecule has 2 aromatic rings. The summed E-state index contributed by atoms with van der Waals surface area (Å²) in [5.74, 6) is -0.367. The second-order valence-electron chi connectivity index (χ2n) is 6.54. The molecule has 1 aromatic heterocycles. The van der Waals surface area contributed by atoms with Crippen LogP contribution in [0.1, 0.15) is 30.4 Å². The lowest BCUT2D eigenvalue weighted by Gasteiger charge is -2.19. The number of esters is 1. The monoisotopic (exact) mass is 377 g/mol. The maximum absolute atomic E-state index is 11.7. The second kappa shape index (κ2) is 8.09. The van der Waals surface area contributed by atoms with Gasteiger partial charge in [0, 0.05) is 27.7 Å². The van der Waals surface area contributed by atoms with Crippen molar-refractivity contribution in [3.05, 3.63) is 41.0 Å². The molecule has 0 fully saturated rings. The van der Waals surface area contributed by atoms with Gasteiger partial charge in [-0.05, 0) is 39.0 Å². The standard InChI is InChI=1S/C18H23N3O4S/c1-18(2,3)25-17(23)21-10-11(19)9-20-13-6-5-7-14-12(13)8-15(26-14)16(22)24-4/h5-9,20H,10,19H2,1-4H3,(H,21,23)/b11-9-. The van der Waals surface area contributed by atoms with Gasteiger partial charge in [-0.2, -0.15) is 0 Å². The third-order valence-corrected chi connectivity index (χ3v) is 4.28. The Bertz CT molecular complexity index is 837. The van der Waals surface area contributed by atoms with Crippen LogP contribution in [-0.4, -0.2) is 31.3 Å². The van der Waals surface area contributed by atoms with E-state index in [2.05, 4.69) is 10.6 Å². The van der Waals surface area contributed by atoms with Crippen molar-refractivity contribution >= 4 is 39.2 Å². The van der Waals surface area contributed by atoms with Gasteiger partial charge in [-0.25, -0.2) is 9.59 Å². The van der Waals surface area contributed by atoms with E-state index in [1.807, 2.05) is 18.2 Å². The van der Waals surface area contributed by atoms with Crippen LogP contribution in [0, 0.1) is 0 Å². The number of nitrogens with two attached hydrogens (primary N) is 1. The Morgan fingerprint density at radius 2 is 2.04 bits per heavy atom. The molecule has 0 unspecified atom stereocenters. The van der Waals surface area contributed by atoms with Gasteiger partial charge in [-0.15, -0.1) is 11.3 Å². The molecule has 8 heteroatoms. The number of carbonyl (C=O) groups excluding carboxylic acids is 2. The van der Waals surface area contributed by atoms with Crippen LogP contribution in [0.25, 0.3) is 10.1 Å². The van der Waals surface area contributed by atoms with Crippen molar-refractivity contribution in [3.63, 3.8) is 0 Å². The molecule has 4 N–H and O–H groups in total. The first-order valence-corrected chi connectivity index (χ1v) is 8.80. The number of amides is 1. The SMILES string of the molecule is COC(=O)c1cc2c(N/C=C(\N)CNC(=O)OC(C)(C)C)cccc2s1. The summed E-state index contributed by atoms with van der Waals surface area (Å²) < 4.78 is 10.9. The molecule has 0 radical (unpaired) electrons. The smallest absolute Gasteiger partial charge is 0.407 e. The molecular formula is C18H23N3O4S. The van der Waals surface area contributed by atoms with Crippen molar-refractivity contribution in [1.82, 2.24) is 5.32 Å².